The van der Waals surface area contributed by atoms with Gasteiger partial charge in [-0.05, 0) is 52.6 Å². The maximum atomic E-state index is 6.03. The number of hydrogen-bond acceptors (Lipinski definition) is 4. The Labute approximate surface area is 122 Å². The zero-order valence-corrected chi connectivity index (χ0v) is 13.3. The fraction of sp³-hybridized carbons (Fsp3) is 0.667. The SMILES string of the molecule is CC[C@H](C)Oc1cc(B2OC(C)(C)C(C)(C)O2)ccn1. The lowest BCUT2D eigenvalue weighted by atomic mass is 9.80. The summed E-state index contributed by atoms with van der Waals surface area (Å²) in [4.78, 5) is 4.24. The molecule has 1 aromatic rings. The predicted octanol–water partition coefficient (Wildman–Crippen LogP) is 2.56. The summed E-state index contributed by atoms with van der Waals surface area (Å²) in [6, 6.07) is 3.81. The van der Waals surface area contributed by atoms with Gasteiger partial charge in [-0.25, -0.2) is 4.98 Å². The van der Waals surface area contributed by atoms with E-state index < -0.39 is 0 Å². The first-order chi connectivity index (χ1) is 9.25. The molecule has 0 amide bonds. The maximum absolute atomic E-state index is 6.03. The fourth-order valence-electron chi connectivity index (χ4n) is 1.90. The van der Waals surface area contributed by atoms with Gasteiger partial charge in [-0.15, -0.1) is 0 Å². The summed E-state index contributed by atoms with van der Waals surface area (Å²) in [6.07, 6.45) is 2.83. The second-order valence-corrected chi connectivity index (χ2v) is 6.35. The van der Waals surface area contributed by atoms with Crippen LogP contribution < -0.4 is 10.2 Å². The topological polar surface area (TPSA) is 40.6 Å². The number of aromatic nitrogens is 1. The molecule has 20 heavy (non-hydrogen) atoms. The first-order valence-electron chi connectivity index (χ1n) is 7.23. The lowest BCUT2D eigenvalue weighted by Gasteiger charge is -2.32. The minimum Gasteiger partial charge on any atom is -0.475 e. The smallest absolute Gasteiger partial charge is 0.475 e. The molecule has 0 unspecified atom stereocenters. The summed E-state index contributed by atoms with van der Waals surface area (Å²) >= 11 is 0. The molecule has 1 atom stereocenters. The molecule has 1 aliphatic rings. The number of rotatable bonds is 4. The minimum absolute atomic E-state index is 0.149. The Morgan fingerprint density at radius 2 is 1.85 bits per heavy atom. The first-order valence-corrected chi connectivity index (χ1v) is 7.23. The molecule has 0 radical (unpaired) electrons. The Morgan fingerprint density at radius 1 is 1.25 bits per heavy atom. The van der Waals surface area contributed by atoms with Gasteiger partial charge in [0.2, 0.25) is 5.88 Å². The van der Waals surface area contributed by atoms with Gasteiger partial charge in [0.25, 0.3) is 0 Å². The van der Waals surface area contributed by atoms with Crippen LogP contribution in [-0.4, -0.2) is 29.4 Å². The molecular formula is C15H24BNO3. The predicted molar refractivity (Wildman–Crippen MR) is 80.3 cm³/mol. The molecule has 0 N–H and O–H groups in total. The van der Waals surface area contributed by atoms with Gasteiger partial charge in [0.1, 0.15) is 0 Å². The highest BCUT2D eigenvalue weighted by molar-refractivity contribution is 6.62. The van der Waals surface area contributed by atoms with E-state index in [-0.39, 0.29) is 24.4 Å². The molecule has 1 saturated heterocycles. The summed E-state index contributed by atoms with van der Waals surface area (Å²) in [7, 11) is -0.373. The molecule has 1 aliphatic heterocycles. The van der Waals surface area contributed by atoms with Crippen molar-refractivity contribution in [3.8, 4) is 5.88 Å². The molecular weight excluding hydrogens is 253 g/mol. The molecule has 2 heterocycles. The Bertz CT molecular complexity index is 460. The Kier molecular flexibility index (Phi) is 4.12. The molecule has 110 valence electrons. The Hall–Kier alpha value is -1.07. The Morgan fingerprint density at radius 3 is 2.40 bits per heavy atom. The van der Waals surface area contributed by atoms with Crippen LogP contribution in [0.25, 0.3) is 0 Å². The molecule has 0 spiro atoms. The number of hydrogen-bond donors (Lipinski definition) is 0. The van der Waals surface area contributed by atoms with Crippen LogP contribution in [0.15, 0.2) is 18.3 Å². The third-order valence-corrected chi connectivity index (χ3v) is 4.18. The van der Waals surface area contributed by atoms with Crippen molar-refractivity contribution < 1.29 is 14.0 Å². The van der Waals surface area contributed by atoms with Crippen LogP contribution in [0.2, 0.25) is 0 Å². The van der Waals surface area contributed by atoms with Crippen LogP contribution in [0.5, 0.6) is 5.88 Å². The zero-order chi connectivity index (χ0) is 15.0. The quantitative estimate of drug-likeness (QED) is 0.793. The van der Waals surface area contributed by atoms with Gasteiger partial charge in [-0.1, -0.05) is 6.92 Å². The summed E-state index contributed by atoms with van der Waals surface area (Å²) in [5.41, 5.74) is 0.272. The highest BCUT2D eigenvalue weighted by Crippen LogP contribution is 2.36. The normalized spacial score (nSPS) is 21.8. The molecule has 1 aromatic heterocycles. The van der Waals surface area contributed by atoms with E-state index in [0.29, 0.717) is 5.88 Å². The van der Waals surface area contributed by atoms with Gasteiger partial charge >= 0.3 is 7.12 Å². The van der Waals surface area contributed by atoms with E-state index in [1.165, 1.54) is 0 Å². The Balaban J connectivity index is 2.17. The highest BCUT2D eigenvalue weighted by atomic mass is 16.7. The van der Waals surface area contributed by atoms with Crippen LogP contribution in [0.3, 0.4) is 0 Å². The largest absolute Gasteiger partial charge is 0.495 e. The van der Waals surface area contributed by atoms with Gasteiger partial charge in [0.15, 0.2) is 0 Å². The molecule has 1 fully saturated rings. The van der Waals surface area contributed by atoms with Crippen molar-refractivity contribution in [2.45, 2.75) is 65.3 Å². The average molecular weight is 277 g/mol. The van der Waals surface area contributed by atoms with Crippen LogP contribution in [0, 0.1) is 0 Å². The van der Waals surface area contributed by atoms with Crippen LogP contribution in [-0.2, 0) is 9.31 Å². The van der Waals surface area contributed by atoms with Crippen molar-refractivity contribution in [2.24, 2.45) is 0 Å². The van der Waals surface area contributed by atoms with E-state index in [1.54, 1.807) is 6.20 Å². The third kappa shape index (κ3) is 2.99. The highest BCUT2D eigenvalue weighted by Gasteiger charge is 2.51. The van der Waals surface area contributed by atoms with Gasteiger partial charge in [0.05, 0.1) is 17.3 Å². The third-order valence-electron chi connectivity index (χ3n) is 4.18. The van der Waals surface area contributed by atoms with E-state index >= 15 is 0 Å². The van der Waals surface area contributed by atoms with E-state index in [0.717, 1.165) is 11.9 Å². The van der Waals surface area contributed by atoms with Crippen molar-refractivity contribution in [1.82, 2.24) is 4.98 Å². The van der Waals surface area contributed by atoms with Crippen molar-refractivity contribution in [2.75, 3.05) is 0 Å². The molecule has 2 rings (SSSR count). The average Bonchev–Trinajstić information content (AvgIpc) is 2.59. The lowest BCUT2D eigenvalue weighted by molar-refractivity contribution is 0.00578. The molecule has 0 bridgehead atoms. The van der Waals surface area contributed by atoms with Gasteiger partial charge in [-0.2, -0.15) is 0 Å². The first kappa shape index (κ1) is 15.3. The summed E-state index contributed by atoms with van der Waals surface area (Å²) < 4.78 is 17.8. The van der Waals surface area contributed by atoms with Crippen LogP contribution in [0.1, 0.15) is 48.0 Å². The standard InChI is InChI=1S/C15H24BNO3/c1-7-11(2)18-13-10-12(8-9-17-13)16-19-14(3,4)15(5,6)20-16/h8-11H,7H2,1-6H3/t11-/m0/s1. The summed E-state index contributed by atoms with van der Waals surface area (Å²) in [6.45, 7) is 12.3. The van der Waals surface area contributed by atoms with Gasteiger partial charge in [-0.3, -0.25) is 0 Å². The second-order valence-electron chi connectivity index (χ2n) is 6.35. The number of nitrogens with zero attached hydrogens (tertiary/aromatic N) is 1. The van der Waals surface area contributed by atoms with E-state index in [9.17, 15) is 0 Å². The summed E-state index contributed by atoms with van der Waals surface area (Å²) in [5.74, 6) is 0.617. The van der Waals surface area contributed by atoms with Crippen molar-refractivity contribution >= 4 is 12.6 Å². The van der Waals surface area contributed by atoms with Crippen LogP contribution in [0.4, 0.5) is 0 Å². The lowest BCUT2D eigenvalue weighted by Crippen LogP contribution is -2.41. The van der Waals surface area contributed by atoms with Crippen molar-refractivity contribution in [3.63, 3.8) is 0 Å². The number of pyridine rings is 1. The van der Waals surface area contributed by atoms with Crippen LogP contribution >= 0.6 is 0 Å². The minimum atomic E-state index is -0.373. The molecule has 0 saturated carbocycles. The van der Waals surface area contributed by atoms with Crippen molar-refractivity contribution in [3.05, 3.63) is 18.3 Å². The van der Waals surface area contributed by atoms with E-state index in [1.807, 2.05) is 46.8 Å². The molecule has 0 aliphatic carbocycles. The van der Waals surface area contributed by atoms with Crippen molar-refractivity contribution in [1.29, 1.82) is 0 Å². The molecule has 4 nitrogen and oxygen atoms in total. The summed E-state index contributed by atoms with van der Waals surface area (Å²) in [5, 5.41) is 0. The van der Waals surface area contributed by atoms with Gasteiger partial charge in [0, 0.05) is 12.3 Å². The molecule has 5 heteroatoms. The second kappa shape index (κ2) is 5.37. The zero-order valence-electron chi connectivity index (χ0n) is 13.3. The van der Waals surface area contributed by atoms with Gasteiger partial charge < -0.3 is 14.0 Å². The fourth-order valence-corrected chi connectivity index (χ4v) is 1.90. The molecule has 0 aromatic carbocycles. The van der Waals surface area contributed by atoms with E-state index in [4.69, 9.17) is 14.0 Å². The maximum Gasteiger partial charge on any atom is 0.495 e. The monoisotopic (exact) mass is 277 g/mol. The van der Waals surface area contributed by atoms with E-state index in [2.05, 4.69) is 11.9 Å². The number of ether oxygens (including phenoxy) is 1.